The molecule has 0 amide bonds. The van der Waals surface area contributed by atoms with Gasteiger partial charge in [0.25, 0.3) is 0 Å². The highest BCUT2D eigenvalue weighted by atomic mass is 16.5. The molecule has 0 aliphatic carbocycles. The number of ether oxygens (including phenoxy) is 1. The van der Waals surface area contributed by atoms with Crippen molar-refractivity contribution in [1.82, 2.24) is 30.2 Å². The van der Waals surface area contributed by atoms with Crippen LogP contribution in [0.15, 0.2) is 47.7 Å². The van der Waals surface area contributed by atoms with E-state index in [2.05, 4.69) is 30.8 Å². The van der Waals surface area contributed by atoms with Crippen LogP contribution in [-0.2, 0) is 13.1 Å². The van der Waals surface area contributed by atoms with Crippen molar-refractivity contribution in [1.29, 1.82) is 0 Å². The number of nitrogens with one attached hydrogen (secondary N) is 2. The monoisotopic (exact) mass is 325 g/mol. The summed E-state index contributed by atoms with van der Waals surface area (Å²) in [6.07, 6.45) is 3.65. The van der Waals surface area contributed by atoms with Crippen LogP contribution in [0.5, 0.6) is 5.88 Å². The second-order valence-electron chi connectivity index (χ2n) is 5.03. The lowest BCUT2D eigenvalue weighted by atomic mass is 10.2. The Labute approximate surface area is 139 Å². The summed E-state index contributed by atoms with van der Waals surface area (Å²) in [5.74, 6) is 2.09. The minimum Gasteiger partial charge on any atom is -0.481 e. The smallest absolute Gasteiger partial charge is 0.213 e. The van der Waals surface area contributed by atoms with Crippen molar-refractivity contribution in [2.24, 2.45) is 4.99 Å². The lowest BCUT2D eigenvalue weighted by molar-refractivity contribution is 0.397. The van der Waals surface area contributed by atoms with Gasteiger partial charge in [-0.1, -0.05) is 6.07 Å². The van der Waals surface area contributed by atoms with Crippen LogP contribution in [0, 0.1) is 0 Å². The van der Waals surface area contributed by atoms with E-state index in [0.717, 1.165) is 17.0 Å². The summed E-state index contributed by atoms with van der Waals surface area (Å²) in [6.45, 7) is 1.13. The van der Waals surface area contributed by atoms with Gasteiger partial charge >= 0.3 is 0 Å². The summed E-state index contributed by atoms with van der Waals surface area (Å²) in [5.41, 5.74) is 1.87. The molecule has 0 saturated heterocycles. The van der Waals surface area contributed by atoms with Crippen LogP contribution in [-0.4, -0.2) is 39.7 Å². The molecule has 0 saturated carbocycles. The first-order valence-corrected chi connectivity index (χ1v) is 7.52. The largest absolute Gasteiger partial charge is 0.481 e. The topological polar surface area (TPSA) is 88.7 Å². The fourth-order valence-corrected chi connectivity index (χ4v) is 2.25. The van der Waals surface area contributed by atoms with Gasteiger partial charge in [-0.05, 0) is 23.8 Å². The Hall–Kier alpha value is -3.16. The van der Waals surface area contributed by atoms with E-state index in [9.17, 15) is 0 Å². The van der Waals surface area contributed by atoms with Crippen LogP contribution >= 0.6 is 0 Å². The first-order chi connectivity index (χ1) is 11.8. The number of hydrogen-bond donors (Lipinski definition) is 2. The van der Waals surface area contributed by atoms with Gasteiger partial charge in [0.2, 0.25) is 5.88 Å². The second kappa shape index (κ2) is 7.40. The van der Waals surface area contributed by atoms with Crippen LogP contribution in [0.3, 0.4) is 0 Å². The predicted molar refractivity (Wildman–Crippen MR) is 90.8 cm³/mol. The van der Waals surface area contributed by atoms with E-state index in [4.69, 9.17) is 4.74 Å². The first-order valence-electron chi connectivity index (χ1n) is 7.52. The van der Waals surface area contributed by atoms with E-state index in [-0.39, 0.29) is 0 Å². The zero-order valence-corrected chi connectivity index (χ0v) is 13.6. The standard InChI is InChI=1S/C16H19N7O/c1-17-16(19-10-12-6-7-18-15(9-12)24-2)20-11-14-22-21-13-5-3-4-8-23(13)14/h3-9H,10-11H2,1-2H3,(H2,17,19,20). The molecule has 124 valence electrons. The maximum absolute atomic E-state index is 5.12. The lowest BCUT2D eigenvalue weighted by Gasteiger charge is -2.11. The van der Waals surface area contributed by atoms with Crippen LogP contribution in [0.4, 0.5) is 0 Å². The van der Waals surface area contributed by atoms with Crippen molar-refractivity contribution in [3.8, 4) is 5.88 Å². The Morgan fingerprint density at radius 2 is 2.08 bits per heavy atom. The fourth-order valence-electron chi connectivity index (χ4n) is 2.25. The summed E-state index contributed by atoms with van der Waals surface area (Å²) in [4.78, 5) is 8.31. The summed E-state index contributed by atoms with van der Waals surface area (Å²) in [6, 6.07) is 9.61. The molecule has 3 rings (SSSR count). The SMILES string of the molecule is CN=C(NCc1ccnc(OC)c1)NCc1nnc2ccccn12. The molecule has 8 nitrogen and oxygen atoms in total. The maximum atomic E-state index is 5.12. The van der Waals surface area contributed by atoms with Crippen molar-refractivity contribution in [3.63, 3.8) is 0 Å². The fraction of sp³-hybridized carbons (Fsp3) is 0.250. The van der Waals surface area contributed by atoms with Gasteiger partial charge in [0.1, 0.15) is 0 Å². The zero-order valence-electron chi connectivity index (χ0n) is 13.6. The van der Waals surface area contributed by atoms with Crippen molar-refractivity contribution in [3.05, 3.63) is 54.1 Å². The molecule has 3 aromatic rings. The summed E-state index contributed by atoms with van der Waals surface area (Å²) in [5, 5.41) is 14.8. The minimum atomic E-state index is 0.518. The number of hydrogen-bond acceptors (Lipinski definition) is 5. The Morgan fingerprint density at radius 1 is 1.21 bits per heavy atom. The Kier molecular flexibility index (Phi) is 4.85. The molecular weight excluding hydrogens is 306 g/mol. The molecule has 0 bridgehead atoms. The van der Waals surface area contributed by atoms with Crippen molar-refractivity contribution in [2.75, 3.05) is 14.2 Å². The number of aliphatic imine (C=N–C) groups is 1. The van der Waals surface area contributed by atoms with E-state index in [1.165, 1.54) is 0 Å². The Bertz CT molecular complexity index is 843. The van der Waals surface area contributed by atoms with Crippen molar-refractivity contribution < 1.29 is 4.74 Å². The molecule has 0 aliphatic heterocycles. The molecule has 0 unspecified atom stereocenters. The number of pyridine rings is 2. The van der Waals surface area contributed by atoms with Gasteiger partial charge in [0.15, 0.2) is 17.4 Å². The van der Waals surface area contributed by atoms with Gasteiger partial charge in [0.05, 0.1) is 13.7 Å². The number of guanidine groups is 1. The summed E-state index contributed by atoms with van der Waals surface area (Å²) < 4.78 is 7.06. The quantitative estimate of drug-likeness (QED) is 0.537. The number of aromatic nitrogens is 4. The highest BCUT2D eigenvalue weighted by molar-refractivity contribution is 5.79. The van der Waals surface area contributed by atoms with Crippen molar-refractivity contribution >= 4 is 11.6 Å². The molecule has 8 heteroatoms. The highest BCUT2D eigenvalue weighted by Crippen LogP contribution is 2.08. The van der Waals surface area contributed by atoms with Crippen LogP contribution in [0.25, 0.3) is 5.65 Å². The third-order valence-electron chi connectivity index (χ3n) is 3.49. The molecule has 0 aromatic carbocycles. The summed E-state index contributed by atoms with van der Waals surface area (Å²) >= 11 is 0. The molecule has 0 aliphatic rings. The minimum absolute atomic E-state index is 0.518. The molecule has 0 spiro atoms. The third kappa shape index (κ3) is 3.60. The highest BCUT2D eigenvalue weighted by Gasteiger charge is 2.06. The van der Waals surface area contributed by atoms with Gasteiger partial charge in [-0.3, -0.25) is 9.39 Å². The average molecular weight is 325 g/mol. The molecule has 0 atom stereocenters. The molecule has 3 heterocycles. The molecule has 0 radical (unpaired) electrons. The Balaban J connectivity index is 1.59. The first kappa shape index (κ1) is 15.7. The average Bonchev–Trinajstić information content (AvgIpc) is 3.05. The van der Waals surface area contributed by atoms with E-state index < -0.39 is 0 Å². The van der Waals surface area contributed by atoms with Gasteiger partial charge in [-0.15, -0.1) is 10.2 Å². The zero-order chi connectivity index (χ0) is 16.8. The maximum Gasteiger partial charge on any atom is 0.213 e. The van der Waals surface area contributed by atoms with E-state index in [1.807, 2.05) is 40.9 Å². The third-order valence-corrected chi connectivity index (χ3v) is 3.49. The van der Waals surface area contributed by atoms with E-state index in [1.54, 1.807) is 20.4 Å². The molecule has 24 heavy (non-hydrogen) atoms. The van der Waals surface area contributed by atoms with Crippen LogP contribution < -0.4 is 15.4 Å². The molecule has 2 N–H and O–H groups in total. The van der Waals surface area contributed by atoms with Gasteiger partial charge in [-0.2, -0.15) is 0 Å². The normalized spacial score (nSPS) is 11.5. The number of nitrogens with zero attached hydrogens (tertiary/aromatic N) is 5. The van der Waals surface area contributed by atoms with Crippen molar-refractivity contribution in [2.45, 2.75) is 13.1 Å². The van der Waals surface area contributed by atoms with Crippen LogP contribution in [0.2, 0.25) is 0 Å². The summed E-state index contributed by atoms with van der Waals surface area (Å²) in [7, 11) is 3.33. The van der Waals surface area contributed by atoms with E-state index in [0.29, 0.717) is 24.9 Å². The predicted octanol–water partition coefficient (Wildman–Crippen LogP) is 0.998. The molecule has 0 fully saturated rings. The van der Waals surface area contributed by atoms with Gasteiger partial charge < -0.3 is 15.4 Å². The van der Waals surface area contributed by atoms with E-state index >= 15 is 0 Å². The van der Waals surface area contributed by atoms with Gasteiger partial charge in [0, 0.05) is 32.1 Å². The van der Waals surface area contributed by atoms with Gasteiger partial charge in [-0.25, -0.2) is 4.98 Å². The van der Waals surface area contributed by atoms with Crippen LogP contribution in [0.1, 0.15) is 11.4 Å². The molecular formula is C16H19N7O. The lowest BCUT2D eigenvalue weighted by Crippen LogP contribution is -2.36. The molecule has 3 aromatic heterocycles. The number of methoxy groups -OCH3 is 1. The second-order valence-corrected chi connectivity index (χ2v) is 5.03. The number of rotatable bonds is 5. The number of fused-ring (bicyclic) bond motifs is 1. The Morgan fingerprint density at radius 3 is 2.92 bits per heavy atom.